The van der Waals surface area contributed by atoms with E-state index in [4.69, 9.17) is 9.15 Å². The second-order valence-corrected chi connectivity index (χ2v) is 4.51. The quantitative estimate of drug-likeness (QED) is 0.759. The first-order valence-corrected chi connectivity index (χ1v) is 6.11. The maximum Gasteiger partial charge on any atom is 0.228 e. The lowest BCUT2D eigenvalue weighted by Crippen LogP contribution is -2.10. The maximum atomic E-state index is 12.2. The topological polar surface area (TPSA) is 39.4 Å². The molecule has 3 rings (SSSR count). The van der Waals surface area contributed by atoms with Gasteiger partial charge in [-0.2, -0.15) is 0 Å². The fourth-order valence-corrected chi connectivity index (χ4v) is 2.20. The molecule has 0 saturated carbocycles. The molecule has 0 N–H and O–H groups in total. The fraction of sp³-hybridized carbons (Fsp3) is 0.267. The van der Waals surface area contributed by atoms with Crippen LogP contribution in [0.2, 0.25) is 0 Å². The lowest BCUT2D eigenvalue weighted by Gasteiger charge is -2.17. The molecule has 0 fully saturated rings. The van der Waals surface area contributed by atoms with Gasteiger partial charge < -0.3 is 9.15 Å². The van der Waals surface area contributed by atoms with Crippen molar-refractivity contribution in [3.8, 4) is 5.75 Å². The van der Waals surface area contributed by atoms with Crippen LogP contribution < -0.4 is 4.74 Å². The van der Waals surface area contributed by atoms with E-state index in [0.29, 0.717) is 11.3 Å². The molecule has 92 valence electrons. The van der Waals surface area contributed by atoms with Gasteiger partial charge in [0.15, 0.2) is 5.76 Å². The van der Waals surface area contributed by atoms with E-state index in [9.17, 15) is 4.79 Å². The third-order valence-electron chi connectivity index (χ3n) is 3.13. The average molecular weight is 242 g/mol. The molecule has 1 aromatic carbocycles. The standard InChI is InChI=1S/C15H14O3/c1-10-4-6-14(18-10)15(16)12-5-7-13-11(9-12)3-2-8-17-13/h4-7,9H,2-3,8H2,1H3. The number of hydrogen-bond donors (Lipinski definition) is 0. The number of rotatable bonds is 2. The number of benzene rings is 1. The summed E-state index contributed by atoms with van der Waals surface area (Å²) < 4.78 is 10.9. The van der Waals surface area contributed by atoms with Gasteiger partial charge in [-0.05, 0) is 55.7 Å². The van der Waals surface area contributed by atoms with Crippen molar-refractivity contribution < 1.29 is 13.9 Å². The molecule has 0 saturated heterocycles. The first-order valence-electron chi connectivity index (χ1n) is 6.11. The van der Waals surface area contributed by atoms with Gasteiger partial charge in [0.25, 0.3) is 0 Å². The number of carbonyl (C=O) groups is 1. The summed E-state index contributed by atoms with van der Waals surface area (Å²) in [5.41, 5.74) is 1.77. The third-order valence-corrected chi connectivity index (χ3v) is 3.13. The second-order valence-electron chi connectivity index (χ2n) is 4.51. The van der Waals surface area contributed by atoms with Gasteiger partial charge in [-0.1, -0.05) is 0 Å². The van der Waals surface area contributed by atoms with Crippen molar-refractivity contribution in [2.75, 3.05) is 6.61 Å². The van der Waals surface area contributed by atoms with Crippen molar-refractivity contribution in [1.29, 1.82) is 0 Å². The van der Waals surface area contributed by atoms with Gasteiger partial charge in [-0.15, -0.1) is 0 Å². The van der Waals surface area contributed by atoms with Crippen LogP contribution >= 0.6 is 0 Å². The molecule has 0 bridgehead atoms. The van der Waals surface area contributed by atoms with Gasteiger partial charge >= 0.3 is 0 Å². The van der Waals surface area contributed by atoms with Crippen LogP contribution in [0.5, 0.6) is 5.75 Å². The lowest BCUT2D eigenvalue weighted by molar-refractivity contribution is 0.101. The van der Waals surface area contributed by atoms with Gasteiger partial charge in [0.05, 0.1) is 6.61 Å². The first-order chi connectivity index (χ1) is 8.74. The summed E-state index contributed by atoms with van der Waals surface area (Å²) in [7, 11) is 0. The number of hydrogen-bond acceptors (Lipinski definition) is 3. The van der Waals surface area contributed by atoms with Crippen LogP contribution in [0.15, 0.2) is 34.7 Å². The van der Waals surface area contributed by atoms with Gasteiger partial charge in [0.2, 0.25) is 5.78 Å². The summed E-state index contributed by atoms with van der Waals surface area (Å²) in [6, 6.07) is 9.10. The van der Waals surface area contributed by atoms with E-state index < -0.39 is 0 Å². The molecule has 2 heterocycles. The smallest absolute Gasteiger partial charge is 0.228 e. The Hall–Kier alpha value is -2.03. The van der Waals surface area contributed by atoms with Crippen molar-refractivity contribution in [3.63, 3.8) is 0 Å². The fourth-order valence-electron chi connectivity index (χ4n) is 2.20. The average Bonchev–Trinajstić information content (AvgIpc) is 2.84. The molecular weight excluding hydrogens is 228 g/mol. The zero-order valence-electron chi connectivity index (χ0n) is 10.2. The van der Waals surface area contributed by atoms with Crippen molar-refractivity contribution >= 4 is 5.78 Å². The molecule has 18 heavy (non-hydrogen) atoms. The summed E-state index contributed by atoms with van der Waals surface area (Å²) in [4.78, 5) is 12.2. The molecule has 1 aliphatic heterocycles. The largest absolute Gasteiger partial charge is 0.493 e. The van der Waals surface area contributed by atoms with Crippen molar-refractivity contribution in [3.05, 3.63) is 53.0 Å². The zero-order valence-corrected chi connectivity index (χ0v) is 10.2. The van der Waals surface area contributed by atoms with Crippen LogP contribution in [0, 0.1) is 6.92 Å². The summed E-state index contributed by atoms with van der Waals surface area (Å²) in [5.74, 6) is 1.97. The first kappa shape index (κ1) is 11.1. The Bertz CT molecular complexity index is 596. The number of aryl methyl sites for hydroxylation is 2. The highest BCUT2D eigenvalue weighted by Crippen LogP contribution is 2.26. The minimum Gasteiger partial charge on any atom is -0.493 e. The molecular formula is C15H14O3. The molecule has 3 heteroatoms. The summed E-state index contributed by atoms with van der Waals surface area (Å²) in [6.45, 7) is 2.59. The SMILES string of the molecule is Cc1ccc(C(=O)c2ccc3c(c2)CCCO3)o1. The molecule has 1 aliphatic rings. The zero-order chi connectivity index (χ0) is 12.5. The van der Waals surface area contributed by atoms with Gasteiger partial charge in [-0.3, -0.25) is 4.79 Å². The van der Waals surface area contributed by atoms with Crippen molar-refractivity contribution in [2.24, 2.45) is 0 Å². The number of ketones is 1. The van der Waals surface area contributed by atoms with E-state index in [-0.39, 0.29) is 5.78 Å². The Morgan fingerprint density at radius 2 is 2.11 bits per heavy atom. The summed E-state index contributed by atoms with van der Waals surface area (Å²) in [6.07, 6.45) is 1.97. The van der Waals surface area contributed by atoms with Crippen molar-refractivity contribution in [1.82, 2.24) is 0 Å². The molecule has 0 amide bonds. The van der Waals surface area contributed by atoms with Gasteiger partial charge in [0.1, 0.15) is 11.5 Å². The van der Waals surface area contributed by atoms with E-state index in [1.165, 1.54) is 0 Å². The van der Waals surface area contributed by atoms with E-state index in [1.807, 2.05) is 19.1 Å². The lowest BCUT2D eigenvalue weighted by atomic mass is 10.0. The third kappa shape index (κ3) is 1.92. The monoisotopic (exact) mass is 242 g/mol. The van der Waals surface area contributed by atoms with Gasteiger partial charge in [0, 0.05) is 5.56 Å². The van der Waals surface area contributed by atoms with E-state index >= 15 is 0 Å². The highest BCUT2D eigenvalue weighted by Gasteiger charge is 2.16. The van der Waals surface area contributed by atoms with E-state index in [1.54, 1.807) is 18.2 Å². The minimum atomic E-state index is -0.0727. The highest BCUT2D eigenvalue weighted by molar-refractivity contribution is 6.07. The molecule has 2 aromatic rings. The van der Waals surface area contributed by atoms with Crippen LogP contribution in [0.4, 0.5) is 0 Å². The summed E-state index contributed by atoms with van der Waals surface area (Å²) in [5, 5.41) is 0. The Kier molecular flexibility index (Phi) is 2.67. The van der Waals surface area contributed by atoms with E-state index in [0.717, 1.165) is 36.5 Å². The second kappa shape index (κ2) is 4.33. The Morgan fingerprint density at radius 3 is 2.89 bits per heavy atom. The predicted molar refractivity (Wildman–Crippen MR) is 67.1 cm³/mol. The number of ether oxygens (including phenoxy) is 1. The Labute approximate surface area is 105 Å². The van der Waals surface area contributed by atoms with Crippen LogP contribution in [0.25, 0.3) is 0 Å². The van der Waals surface area contributed by atoms with Crippen LogP contribution in [0.3, 0.4) is 0 Å². The van der Waals surface area contributed by atoms with Gasteiger partial charge in [-0.25, -0.2) is 0 Å². The Balaban J connectivity index is 1.95. The Morgan fingerprint density at radius 1 is 1.22 bits per heavy atom. The molecule has 1 aromatic heterocycles. The molecule has 0 radical (unpaired) electrons. The number of fused-ring (bicyclic) bond motifs is 1. The minimum absolute atomic E-state index is 0.0727. The summed E-state index contributed by atoms with van der Waals surface area (Å²) >= 11 is 0. The maximum absolute atomic E-state index is 12.2. The predicted octanol–water partition coefficient (Wildman–Crippen LogP) is 3.14. The molecule has 3 nitrogen and oxygen atoms in total. The molecule has 0 unspecified atom stereocenters. The number of furan rings is 1. The normalized spacial score (nSPS) is 13.8. The van der Waals surface area contributed by atoms with Crippen LogP contribution in [-0.2, 0) is 6.42 Å². The molecule has 0 atom stereocenters. The molecule has 0 aliphatic carbocycles. The van der Waals surface area contributed by atoms with Crippen LogP contribution in [0.1, 0.15) is 33.9 Å². The molecule has 0 spiro atoms. The van der Waals surface area contributed by atoms with Crippen LogP contribution in [-0.4, -0.2) is 12.4 Å². The van der Waals surface area contributed by atoms with Crippen molar-refractivity contribution in [2.45, 2.75) is 19.8 Å². The van der Waals surface area contributed by atoms with E-state index in [2.05, 4.69) is 0 Å². The highest BCUT2D eigenvalue weighted by atomic mass is 16.5. The number of carbonyl (C=O) groups excluding carboxylic acids is 1.